The predicted octanol–water partition coefficient (Wildman–Crippen LogP) is 4.13. The summed E-state index contributed by atoms with van der Waals surface area (Å²) in [4.78, 5) is 0. The Balaban J connectivity index is 2.41. The Hall–Kier alpha value is -2.13. The molecular formula is C18H21N3. The number of fused-ring (bicyclic) bond motifs is 1. The number of nitrogens with zero attached hydrogens (tertiary/aromatic N) is 1. The Kier molecular flexibility index (Phi) is 3.52. The van der Waals surface area contributed by atoms with E-state index in [9.17, 15) is 0 Å². The Labute approximate surface area is 125 Å². The van der Waals surface area contributed by atoms with Gasteiger partial charge in [-0.05, 0) is 44.5 Å². The second-order valence-corrected chi connectivity index (χ2v) is 5.61. The molecule has 108 valence electrons. The molecule has 0 bridgehead atoms. The molecule has 2 aromatic carbocycles. The van der Waals surface area contributed by atoms with Gasteiger partial charge in [0.05, 0.1) is 0 Å². The van der Waals surface area contributed by atoms with Gasteiger partial charge in [0.15, 0.2) is 0 Å². The van der Waals surface area contributed by atoms with Gasteiger partial charge in [-0.15, -0.1) is 0 Å². The number of benzene rings is 2. The molecular weight excluding hydrogens is 258 g/mol. The fourth-order valence-corrected chi connectivity index (χ4v) is 3.01. The smallest absolute Gasteiger partial charge is 0.101 e. The van der Waals surface area contributed by atoms with Crippen LogP contribution in [0.4, 0.5) is 0 Å². The lowest BCUT2D eigenvalue weighted by atomic mass is 9.90. The average molecular weight is 279 g/mol. The lowest BCUT2D eigenvalue weighted by Crippen LogP contribution is -2.14. The van der Waals surface area contributed by atoms with Gasteiger partial charge < -0.3 is 5.32 Å². The number of rotatable bonds is 3. The zero-order valence-corrected chi connectivity index (χ0v) is 13.0. The zero-order valence-electron chi connectivity index (χ0n) is 13.0. The van der Waals surface area contributed by atoms with Crippen molar-refractivity contribution in [3.8, 4) is 11.1 Å². The van der Waals surface area contributed by atoms with Gasteiger partial charge in [-0.25, -0.2) is 0 Å². The summed E-state index contributed by atoms with van der Waals surface area (Å²) in [6.45, 7) is 6.43. The highest BCUT2D eigenvalue weighted by Crippen LogP contribution is 2.37. The molecule has 1 atom stereocenters. The number of aromatic nitrogens is 2. The highest BCUT2D eigenvalue weighted by molar-refractivity contribution is 5.98. The van der Waals surface area contributed by atoms with Crippen LogP contribution in [0.3, 0.4) is 0 Å². The summed E-state index contributed by atoms with van der Waals surface area (Å²) in [7, 11) is 1.99. The van der Waals surface area contributed by atoms with Gasteiger partial charge in [0.2, 0.25) is 0 Å². The van der Waals surface area contributed by atoms with E-state index >= 15 is 0 Å². The van der Waals surface area contributed by atoms with Crippen LogP contribution in [-0.4, -0.2) is 17.2 Å². The number of aromatic amines is 1. The quantitative estimate of drug-likeness (QED) is 0.757. The third kappa shape index (κ3) is 2.24. The van der Waals surface area contributed by atoms with Gasteiger partial charge in [-0.3, -0.25) is 5.10 Å². The molecule has 1 aromatic heterocycles. The fourth-order valence-electron chi connectivity index (χ4n) is 3.01. The van der Waals surface area contributed by atoms with E-state index in [0.717, 1.165) is 11.2 Å². The van der Waals surface area contributed by atoms with Crippen LogP contribution in [0, 0.1) is 13.8 Å². The minimum atomic E-state index is 0.278. The number of H-pyrrole nitrogens is 1. The summed E-state index contributed by atoms with van der Waals surface area (Å²) in [5.74, 6) is 0. The van der Waals surface area contributed by atoms with Crippen LogP contribution < -0.4 is 5.32 Å². The molecule has 3 nitrogen and oxygen atoms in total. The molecule has 0 spiro atoms. The molecule has 1 heterocycles. The third-order valence-corrected chi connectivity index (χ3v) is 4.20. The van der Waals surface area contributed by atoms with Crippen LogP contribution in [0.15, 0.2) is 36.4 Å². The van der Waals surface area contributed by atoms with Gasteiger partial charge in [0.25, 0.3) is 0 Å². The molecule has 0 saturated carbocycles. The van der Waals surface area contributed by atoms with Crippen LogP contribution >= 0.6 is 0 Å². The van der Waals surface area contributed by atoms with Crippen molar-refractivity contribution in [3.63, 3.8) is 0 Å². The van der Waals surface area contributed by atoms with Crippen molar-refractivity contribution in [1.29, 1.82) is 0 Å². The topological polar surface area (TPSA) is 40.7 Å². The van der Waals surface area contributed by atoms with Gasteiger partial charge in [0.1, 0.15) is 5.52 Å². The molecule has 0 fully saturated rings. The Morgan fingerprint density at radius 1 is 1.14 bits per heavy atom. The van der Waals surface area contributed by atoms with E-state index in [-0.39, 0.29) is 6.04 Å². The molecule has 3 rings (SSSR count). The van der Waals surface area contributed by atoms with Gasteiger partial charge >= 0.3 is 0 Å². The average Bonchev–Trinajstić information content (AvgIpc) is 2.89. The largest absolute Gasteiger partial charge is 0.313 e. The van der Waals surface area contributed by atoms with Crippen LogP contribution in [0.25, 0.3) is 22.0 Å². The maximum Gasteiger partial charge on any atom is 0.101 e. The maximum absolute atomic E-state index is 4.58. The standard InChI is InChI=1S/C18H21N3/c1-11-10-15(12(2)19-4)17(14-8-6-5-7-9-14)18-16(11)13(3)20-21-18/h5-10,12,19H,1-4H3,(H,20,21). The molecule has 3 heteroatoms. The molecule has 1 unspecified atom stereocenters. The Morgan fingerprint density at radius 2 is 1.86 bits per heavy atom. The molecule has 0 aliphatic carbocycles. The van der Waals surface area contributed by atoms with Crippen LogP contribution in [-0.2, 0) is 0 Å². The van der Waals surface area contributed by atoms with Crippen LogP contribution in [0.1, 0.15) is 29.8 Å². The van der Waals surface area contributed by atoms with Crippen molar-refractivity contribution in [1.82, 2.24) is 15.5 Å². The summed E-state index contributed by atoms with van der Waals surface area (Å²) >= 11 is 0. The summed E-state index contributed by atoms with van der Waals surface area (Å²) in [6, 6.07) is 13.1. The van der Waals surface area contributed by atoms with E-state index in [4.69, 9.17) is 0 Å². The Morgan fingerprint density at radius 3 is 2.52 bits per heavy atom. The van der Waals surface area contributed by atoms with Gasteiger partial charge in [0, 0.05) is 22.7 Å². The second-order valence-electron chi connectivity index (χ2n) is 5.61. The first-order chi connectivity index (χ1) is 10.1. The normalized spacial score (nSPS) is 12.8. The van der Waals surface area contributed by atoms with Crippen molar-refractivity contribution in [3.05, 3.63) is 53.2 Å². The molecule has 0 aliphatic heterocycles. The monoisotopic (exact) mass is 279 g/mol. The molecule has 2 N–H and O–H groups in total. The zero-order chi connectivity index (χ0) is 15.0. The summed E-state index contributed by atoms with van der Waals surface area (Å²) in [5, 5.41) is 12.3. The van der Waals surface area contributed by atoms with E-state index in [1.165, 1.54) is 27.6 Å². The lowest BCUT2D eigenvalue weighted by molar-refractivity contribution is 0.654. The SMILES string of the molecule is CNC(C)c1cc(C)c2c(C)[nH]nc2c1-c1ccccc1. The lowest BCUT2D eigenvalue weighted by Gasteiger charge is -2.18. The second kappa shape index (κ2) is 5.34. The van der Waals surface area contributed by atoms with Gasteiger partial charge in [-0.1, -0.05) is 36.4 Å². The summed E-state index contributed by atoms with van der Waals surface area (Å²) in [5.41, 5.74) is 7.20. The number of nitrogens with one attached hydrogen (secondary N) is 2. The first kappa shape index (κ1) is 13.8. The first-order valence-corrected chi connectivity index (χ1v) is 7.34. The summed E-state index contributed by atoms with van der Waals surface area (Å²) < 4.78 is 0. The van der Waals surface area contributed by atoms with E-state index < -0.39 is 0 Å². The maximum atomic E-state index is 4.58. The number of hydrogen-bond donors (Lipinski definition) is 2. The minimum absolute atomic E-state index is 0.278. The van der Waals surface area contributed by atoms with Crippen molar-refractivity contribution in [2.75, 3.05) is 7.05 Å². The number of hydrogen-bond acceptors (Lipinski definition) is 2. The van der Waals surface area contributed by atoms with Crippen molar-refractivity contribution in [2.24, 2.45) is 0 Å². The molecule has 21 heavy (non-hydrogen) atoms. The van der Waals surface area contributed by atoms with E-state index in [2.05, 4.69) is 66.6 Å². The predicted molar refractivity (Wildman–Crippen MR) is 88.5 cm³/mol. The van der Waals surface area contributed by atoms with E-state index in [1.54, 1.807) is 0 Å². The minimum Gasteiger partial charge on any atom is -0.313 e. The fraction of sp³-hybridized carbons (Fsp3) is 0.278. The molecule has 0 amide bonds. The number of aryl methyl sites for hydroxylation is 2. The van der Waals surface area contributed by atoms with Crippen molar-refractivity contribution < 1.29 is 0 Å². The molecule has 0 saturated heterocycles. The van der Waals surface area contributed by atoms with Crippen LogP contribution in [0.2, 0.25) is 0 Å². The van der Waals surface area contributed by atoms with Crippen molar-refractivity contribution in [2.45, 2.75) is 26.8 Å². The third-order valence-electron chi connectivity index (χ3n) is 4.20. The molecule has 0 aliphatic rings. The van der Waals surface area contributed by atoms with Gasteiger partial charge in [-0.2, -0.15) is 5.10 Å². The highest BCUT2D eigenvalue weighted by atomic mass is 15.1. The summed E-state index contributed by atoms with van der Waals surface area (Å²) in [6.07, 6.45) is 0. The van der Waals surface area contributed by atoms with Crippen molar-refractivity contribution >= 4 is 10.9 Å². The van der Waals surface area contributed by atoms with E-state index in [0.29, 0.717) is 0 Å². The molecule has 3 aromatic rings. The highest BCUT2D eigenvalue weighted by Gasteiger charge is 2.18. The van der Waals surface area contributed by atoms with Crippen LogP contribution in [0.5, 0.6) is 0 Å². The van der Waals surface area contributed by atoms with E-state index in [1.807, 2.05) is 13.1 Å². The molecule has 0 radical (unpaired) electrons. The Bertz CT molecular complexity index is 772. The first-order valence-electron chi connectivity index (χ1n) is 7.34.